The summed E-state index contributed by atoms with van der Waals surface area (Å²) in [5, 5.41) is 22.7. The molecule has 21 heavy (non-hydrogen) atoms. The first-order valence-corrected chi connectivity index (χ1v) is 6.55. The number of morpholine rings is 1. The highest BCUT2D eigenvalue weighted by Gasteiger charge is 2.27. The van der Waals surface area contributed by atoms with Crippen molar-refractivity contribution < 1.29 is 14.9 Å². The lowest BCUT2D eigenvalue weighted by atomic mass is 10.1. The molecule has 1 saturated heterocycles. The first kappa shape index (κ1) is 15.0. The maximum absolute atomic E-state index is 10.9. The van der Waals surface area contributed by atoms with E-state index >= 15 is 0 Å². The summed E-state index contributed by atoms with van der Waals surface area (Å²) in [7, 11) is 0. The topological polar surface area (TPSA) is 127 Å². The number of nitro groups is 1. The molecule has 0 aliphatic carbocycles. The average Bonchev–Trinajstić information content (AvgIpc) is 2.53. The predicted molar refractivity (Wildman–Crippen MR) is 75.6 cm³/mol. The van der Waals surface area contributed by atoms with Gasteiger partial charge in [-0.25, -0.2) is 4.98 Å². The summed E-state index contributed by atoms with van der Waals surface area (Å²) in [4.78, 5) is 16.4. The molecule has 1 aliphatic rings. The molecule has 1 aromatic heterocycles. The molecule has 1 unspecified atom stereocenters. The molecule has 1 atom stereocenters. The van der Waals surface area contributed by atoms with Crippen LogP contribution in [-0.4, -0.2) is 46.8 Å². The van der Waals surface area contributed by atoms with Crippen molar-refractivity contribution in [1.82, 2.24) is 4.98 Å². The van der Waals surface area contributed by atoms with Crippen molar-refractivity contribution >= 4 is 17.3 Å². The van der Waals surface area contributed by atoms with Crippen LogP contribution in [0.3, 0.4) is 0 Å². The fourth-order valence-corrected chi connectivity index (χ4v) is 2.29. The zero-order valence-corrected chi connectivity index (χ0v) is 11.6. The fraction of sp³-hybridized carbons (Fsp3) is 0.500. The summed E-state index contributed by atoms with van der Waals surface area (Å²) in [6, 6.07) is 1.36. The van der Waals surface area contributed by atoms with Gasteiger partial charge in [-0.1, -0.05) is 12.1 Å². The monoisotopic (exact) mass is 295 g/mol. The Hall–Kier alpha value is -2.42. The number of rotatable bonds is 4. The molecular weight excluding hydrogens is 278 g/mol. The van der Waals surface area contributed by atoms with Gasteiger partial charge in [0, 0.05) is 12.6 Å². The van der Waals surface area contributed by atoms with Crippen molar-refractivity contribution in [2.75, 3.05) is 24.7 Å². The minimum atomic E-state index is -0.568. The highest BCUT2D eigenvalue weighted by molar-refractivity contribution is 6.02. The van der Waals surface area contributed by atoms with E-state index in [4.69, 9.17) is 15.7 Å². The van der Waals surface area contributed by atoms with Crippen molar-refractivity contribution in [3.8, 4) is 0 Å². The van der Waals surface area contributed by atoms with Gasteiger partial charge in [-0.2, -0.15) is 0 Å². The Kier molecular flexibility index (Phi) is 4.53. The van der Waals surface area contributed by atoms with E-state index in [0.717, 1.165) is 6.42 Å². The van der Waals surface area contributed by atoms with Crippen molar-refractivity contribution in [2.24, 2.45) is 10.9 Å². The van der Waals surface area contributed by atoms with Crippen molar-refractivity contribution in [2.45, 2.75) is 19.4 Å². The number of oxime groups is 1. The highest BCUT2D eigenvalue weighted by Crippen LogP contribution is 2.26. The van der Waals surface area contributed by atoms with Gasteiger partial charge in [0.1, 0.15) is 12.0 Å². The molecule has 0 saturated carbocycles. The molecule has 9 nitrogen and oxygen atoms in total. The van der Waals surface area contributed by atoms with Crippen molar-refractivity contribution in [3.05, 3.63) is 27.9 Å². The Labute approximate surface area is 121 Å². The van der Waals surface area contributed by atoms with E-state index in [-0.39, 0.29) is 23.1 Å². The number of hydrogen-bond acceptors (Lipinski definition) is 7. The molecule has 2 rings (SSSR count). The van der Waals surface area contributed by atoms with Gasteiger partial charge < -0.3 is 20.6 Å². The van der Waals surface area contributed by atoms with Gasteiger partial charge in [0.05, 0.1) is 29.7 Å². The van der Waals surface area contributed by atoms with Gasteiger partial charge >= 0.3 is 0 Å². The number of aromatic nitrogens is 1. The number of amidine groups is 1. The maximum Gasteiger partial charge on any atom is 0.288 e. The van der Waals surface area contributed by atoms with Crippen LogP contribution in [0.15, 0.2) is 17.4 Å². The van der Waals surface area contributed by atoms with Crippen LogP contribution in [0.2, 0.25) is 0 Å². The normalized spacial score (nSPS) is 19.6. The maximum atomic E-state index is 10.9. The number of ether oxygens (including phenoxy) is 1. The molecule has 0 spiro atoms. The zero-order chi connectivity index (χ0) is 15.4. The summed E-state index contributed by atoms with van der Waals surface area (Å²) >= 11 is 0. The zero-order valence-electron chi connectivity index (χ0n) is 11.6. The van der Waals surface area contributed by atoms with Crippen molar-refractivity contribution in [1.29, 1.82) is 0 Å². The van der Waals surface area contributed by atoms with Gasteiger partial charge in [-0.3, -0.25) is 10.1 Å². The third-order valence-corrected chi connectivity index (χ3v) is 3.42. The van der Waals surface area contributed by atoms with Gasteiger partial charge in [0.25, 0.3) is 5.69 Å². The van der Waals surface area contributed by atoms with Gasteiger partial charge in [0.15, 0.2) is 5.84 Å². The lowest BCUT2D eigenvalue weighted by Gasteiger charge is -2.36. The second-order valence-corrected chi connectivity index (χ2v) is 4.64. The first-order valence-electron chi connectivity index (χ1n) is 6.55. The van der Waals surface area contributed by atoms with Gasteiger partial charge in [-0.05, 0) is 6.42 Å². The van der Waals surface area contributed by atoms with E-state index in [9.17, 15) is 10.1 Å². The predicted octanol–water partition coefficient (Wildman–Crippen LogP) is 0.700. The van der Waals surface area contributed by atoms with Crippen LogP contribution in [-0.2, 0) is 4.74 Å². The second kappa shape index (κ2) is 6.35. The first-order chi connectivity index (χ1) is 10.1. The Bertz CT molecular complexity index is 563. The molecule has 9 heteroatoms. The SMILES string of the molecule is CCC1COCCN1c1ncc([N+](=O)[O-])cc1C(N)=NO. The van der Waals surface area contributed by atoms with E-state index in [1.165, 1.54) is 12.3 Å². The molecule has 0 radical (unpaired) electrons. The van der Waals surface area contributed by atoms with Crippen LogP contribution >= 0.6 is 0 Å². The summed E-state index contributed by atoms with van der Waals surface area (Å²) in [6.45, 7) is 3.69. The van der Waals surface area contributed by atoms with E-state index in [0.29, 0.717) is 25.6 Å². The Balaban J connectivity index is 2.48. The van der Waals surface area contributed by atoms with E-state index in [2.05, 4.69) is 10.1 Å². The highest BCUT2D eigenvalue weighted by atomic mass is 16.6. The summed E-state index contributed by atoms with van der Waals surface area (Å²) < 4.78 is 5.42. The molecular formula is C12H17N5O4. The van der Waals surface area contributed by atoms with Gasteiger partial charge in [0.2, 0.25) is 0 Å². The number of hydrogen-bond donors (Lipinski definition) is 2. The number of anilines is 1. The van der Waals surface area contributed by atoms with Crippen LogP contribution in [0.4, 0.5) is 11.5 Å². The molecule has 1 aliphatic heterocycles. The smallest absolute Gasteiger partial charge is 0.288 e. The second-order valence-electron chi connectivity index (χ2n) is 4.64. The molecule has 114 valence electrons. The Morgan fingerprint density at radius 1 is 1.76 bits per heavy atom. The van der Waals surface area contributed by atoms with E-state index < -0.39 is 4.92 Å². The minimum Gasteiger partial charge on any atom is -0.409 e. The van der Waals surface area contributed by atoms with Gasteiger partial charge in [-0.15, -0.1) is 0 Å². The lowest BCUT2D eigenvalue weighted by molar-refractivity contribution is -0.385. The van der Waals surface area contributed by atoms with Crippen LogP contribution in [0.1, 0.15) is 18.9 Å². The molecule has 1 aromatic rings. The third-order valence-electron chi connectivity index (χ3n) is 3.42. The largest absolute Gasteiger partial charge is 0.409 e. The number of pyridine rings is 1. The molecule has 1 fully saturated rings. The molecule has 0 amide bonds. The minimum absolute atomic E-state index is 0.0953. The summed E-state index contributed by atoms with van der Waals surface area (Å²) in [5.41, 5.74) is 5.67. The summed E-state index contributed by atoms with van der Waals surface area (Å²) in [5.74, 6) is 0.258. The molecule has 2 heterocycles. The standard InChI is InChI=1S/C12H17N5O4/c1-2-8-7-21-4-3-16(8)12-10(11(13)15-18)5-9(6-14-12)17(19)20/h5-6,8,18H,2-4,7H2,1H3,(H2,13,15). The Morgan fingerprint density at radius 3 is 3.14 bits per heavy atom. The van der Waals surface area contributed by atoms with Crippen molar-refractivity contribution in [3.63, 3.8) is 0 Å². The van der Waals surface area contributed by atoms with E-state index in [1.54, 1.807) is 0 Å². The number of nitrogens with two attached hydrogens (primary N) is 1. The number of nitrogens with zero attached hydrogens (tertiary/aromatic N) is 4. The lowest BCUT2D eigenvalue weighted by Crippen LogP contribution is -2.46. The third kappa shape index (κ3) is 3.02. The van der Waals surface area contributed by atoms with Crippen LogP contribution in [0.5, 0.6) is 0 Å². The molecule has 0 aromatic carbocycles. The molecule has 3 N–H and O–H groups in total. The van der Waals surface area contributed by atoms with Crippen LogP contribution < -0.4 is 10.6 Å². The summed E-state index contributed by atoms with van der Waals surface area (Å²) in [6.07, 6.45) is 2.00. The quantitative estimate of drug-likeness (QED) is 0.275. The van der Waals surface area contributed by atoms with E-state index in [1.807, 2.05) is 11.8 Å². The average molecular weight is 295 g/mol. The fourth-order valence-electron chi connectivity index (χ4n) is 2.29. The Morgan fingerprint density at radius 2 is 2.52 bits per heavy atom. The van der Waals surface area contributed by atoms with Crippen LogP contribution in [0, 0.1) is 10.1 Å². The van der Waals surface area contributed by atoms with Crippen LogP contribution in [0.25, 0.3) is 0 Å². The molecule has 0 bridgehead atoms.